The van der Waals surface area contributed by atoms with Crippen molar-refractivity contribution in [2.75, 3.05) is 44.6 Å². The first-order valence-electron chi connectivity index (χ1n) is 8.16. The van der Waals surface area contributed by atoms with Gasteiger partial charge >= 0.3 is 0 Å². The fourth-order valence-corrected chi connectivity index (χ4v) is 2.71. The Bertz CT molecular complexity index is 654. The third-order valence-corrected chi connectivity index (χ3v) is 4.10. The van der Waals surface area contributed by atoms with Crippen molar-refractivity contribution in [1.29, 1.82) is 0 Å². The van der Waals surface area contributed by atoms with Crippen molar-refractivity contribution < 1.29 is 9.47 Å². The quantitative estimate of drug-likeness (QED) is 0.757. The molecule has 1 aliphatic heterocycles. The zero-order valence-electron chi connectivity index (χ0n) is 14.2. The highest BCUT2D eigenvalue weighted by Gasteiger charge is 2.20. The number of anilines is 2. The van der Waals surface area contributed by atoms with E-state index in [4.69, 9.17) is 9.47 Å². The normalized spacial score (nSPS) is 17.2. The summed E-state index contributed by atoms with van der Waals surface area (Å²) in [4.78, 5) is 13.3. The molecule has 0 radical (unpaired) electrons. The average Bonchev–Trinajstić information content (AvgIpc) is 3.29. The second-order valence-electron chi connectivity index (χ2n) is 5.74. The number of nitrogens with one attached hydrogen (secondary N) is 2. The Hall–Kier alpha value is -2.19. The molecule has 0 spiro atoms. The van der Waals surface area contributed by atoms with E-state index < -0.39 is 0 Å². The zero-order valence-corrected chi connectivity index (χ0v) is 14.2. The van der Waals surface area contributed by atoms with Gasteiger partial charge in [-0.05, 0) is 6.42 Å². The molecular weight excluding hydrogens is 308 g/mol. The molecule has 1 aliphatic rings. The molecule has 1 atom stereocenters. The molecule has 0 aliphatic carbocycles. The molecule has 24 heavy (non-hydrogen) atoms. The summed E-state index contributed by atoms with van der Waals surface area (Å²) in [7, 11) is 3.52. The number of aromatic nitrogens is 4. The fourth-order valence-electron chi connectivity index (χ4n) is 2.71. The Kier molecular flexibility index (Phi) is 5.60. The molecule has 0 bridgehead atoms. The number of rotatable bonds is 8. The van der Waals surface area contributed by atoms with Crippen molar-refractivity contribution in [2.24, 2.45) is 0 Å². The van der Waals surface area contributed by atoms with E-state index in [2.05, 4.69) is 30.2 Å². The van der Waals surface area contributed by atoms with Crippen molar-refractivity contribution in [3.8, 4) is 0 Å². The van der Waals surface area contributed by atoms with Gasteiger partial charge in [0.25, 0.3) is 0 Å². The maximum atomic E-state index is 5.47. The first-order valence-corrected chi connectivity index (χ1v) is 8.16. The highest BCUT2D eigenvalue weighted by Crippen LogP contribution is 2.26. The van der Waals surface area contributed by atoms with Gasteiger partial charge in [-0.2, -0.15) is 4.98 Å². The van der Waals surface area contributed by atoms with Gasteiger partial charge in [-0.3, -0.25) is 0 Å². The molecule has 130 valence electrons. The summed E-state index contributed by atoms with van der Waals surface area (Å²) >= 11 is 0. The van der Waals surface area contributed by atoms with Crippen LogP contribution >= 0.6 is 0 Å². The van der Waals surface area contributed by atoms with Crippen molar-refractivity contribution in [3.05, 3.63) is 30.0 Å². The number of nitrogens with zero attached hydrogens (tertiary/aromatic N) is 4. The molecule has 2 aromatic heterocycles. The summed E-state index contributed by atoms with van der Waals surface area (Å²) in [6, 6.07) is 2.01. The van der Waals surface area contributed by atoms with E-state index in [0.717, 1.165) is 43.4 Å². The molecule has 8 heteroatoms. The fraction of sp³-hybridized carbons (Fsp3) is 0.562. The second-order valence-corrected chi connectivity index (χ2v) is 5.74. The number of hydrogen-bond acceptors (Lipinski definition) is 7. The highest BCUT2D eigenvalue weighted by atomic mass is 16.5. The van der Waals surface area contributed by atoms with Crippen LogP contribution in [-0.2, 0) is 22.6 Å². The second kappa shape index (κ2) is 8.07. The molecule has 1 saturated heterocycles. The summed E-state index contributed by atoms with van der Waals surface area (Å²) in [6.07, 6.45) is 4.67. The van der Waals surface area contributed by atoms with E-state index in [1.54, 1.807) is 7.11 Å². The molecule has 2 aromatic rings. The van der Waals surface area contributed by atoms with Gasteiger partial charge < -0.3 is 24.7 Å². The van der Waals surface area contributed by atoms with E-state index in [9.17, 15) is 0 Å². The van der Waals surface area contributed by atoms with Crippen LogP contribution in [0.15, 0.2) is 18.6 Å². The SMILES string of the molecule is CNc1nc(NCc2cncn2CCOC)cc(C2CCOC2)n1. The van der Waals surface area contributed by atoms with Gasteiger partial charge in [-0.1, -0.05) is 0 Å². The molecule has 0 aromatic carbocycles. The topological polar surface area (TPSA) is 86.1 Å². The minimum absolute atomic E-state index is 0.341. The number of hydrogen-bond donors (Lipinski definition) is 2. The highest BCUT2D eigenvalue weighted by molar-refractivity contribution is 5.43. The lowest BCUT2D eigenvalue weighted by molar-refractivity contribution is 0.186. The van der Waals surface area contributed by atoms with Crippen LogP contribution in [0.5, 0.6) is 0 Å². The molecule has 1 unspecified atom stereocenters. The summed E-state index contributed by atoms with van der Waals surface area (Å²) < 4.78 is 12.7. The monoisotopic (exact) mass is 332 g/mol. The van der Waals surface area contributed by atoms with Gasteiger partial charge in [0.05, 0.1) is 37.5 Å². The molecule has 8 nitrogen and oxygen atoms in total. The summed E-state index contributed by atoms with van der Waals surface area (Å²) in [5.74, 6) is 1.76. The Morgan fingerprint density at radius 3 is 3.08 bits per heavy atom. The van der Waals surface area contributed by atoms with Gasteiger partial charge in [0, 0.05) is 45.5 Å². The Morgan fingerprint density at radius 2 is 2.33 bits per heavy atom. The summed E-state index contributed by atoms with van der Waals surface area (Å²) in [5, 5.41) is 6.40. The van der Waals surface area contributed by atoms with Gasteiger partial charge in [0.2, 0.25) is 5.95 Å². The first-order chi connectivity index (χ1) is 11.8. The average molecular weight is 332 g/mol. The molecule has 3 rings (SSSR count). The molecule has 0 saturated carbocycles. The van der Waals surface area contributed by atoms with Crippen LogP contribution < -0.4 is 10.6 Å². The third-order valence-electron chi connectivity index (χ3n) is 4.10. The summed E-state index contributed by atoms with van der Waals surface area (Å²) in [5.41, 5.74) is 2.10. The van der Waals surface area contributed by atoms with Crippen LogP contribution in [0.1, 0.15) is 23.7 Å². The van der Waals surface area contributed by atoms with Crippen molar-refractivity contribution >= 4 is 11.8 Å². The minimum Gasteiger partial charge on any atom is -0.383 e. The van der Waals surface area contributed by atoms with Crippen LogP contribution in [-0.4, -0.2) is 53.5 Å². The molecule has 2 N–H and O–H groups in total. The Morgan fingerprint density at radius 1 is 1.42 bits per heavy atom. The van der Waals surface area contributed by atoms with Crippen LogP contribution in [0.3, 0.4) is 0 Å². The van der Waals surface area contributed by atoms with Gasteiger partial charge in [0.15, 0.2) is 0 Å². The van der Waals surface area contributed by atoms with Gasteiger partial charge in [-0.15, -0.1) is 0 Å². The molecular formula is C16H24N6O2. The number of imidazole rings is 1. The zero-order chi connectivity index (χ0) is 16.8. The lowest BCUT2D eigenvalue weighted by Gasteiger charge is -2.13. The molecule has 3 heterocycles. The smallest absolute Gasteiger partial charge is 0.224 e. The van der Waals surface area contributed by atoms with Crippen LogP contribution in [0.25, 0.3) is 0 Å². The first kappa shape index (κ1) is 16.7. The minimum atomic E-state index is 0.341. The van der Waals surface area contributed by atoms with Crippen molar-refractivity contribution in [1.82, 2.24) is 19.5 Å². The maximum Gasteiger partial charge on any atom is 0.224 e. The number of methoxy groups -OCH3 is 1. The van der Waals surface area contributed by atoms with Crippen LogP contribution in [0.2, 0.25) is 0 Å². The van der Waals surface area contributed by atoms with E-state index >= 15 is 0 Å². The van der Waals surface area contributed by atoms with Gasteiger partial charge in [0.1, 0.15) is 5.82 Å². The van der Waals surface area contributed by atoms with E-state index in [1.807, 2.05) is 25.6 Å². The Balaban J connectivity index is 1.70. The Labute approximate surface area is 141 Å². The van der Waals surface area contributed by atoms with Crippen molar-refractivity contribution in [2.45, 2.75) is 25.4 Å². The number of ether oxygens (including phenoxy) is 2. The summed E-state index contributed by atoms with van der Waals surface area (Å²) in [6.45, 7) is 3.61. The van der Waals surface area contributed by atoms with Crippen LogP contribution in [0, 0.1) is 0 Å². The van der Waals surface area contributed by atoms with Crippen molar-refractivity contribution in [3.63, 3.8) is 0 Å². The third kappa shape index (κ3) is 4.01. The maximum absolute atomic E-state index is 5.47. The lowest BCUT2D eigenvalue weighted by Crippen LogP contribution is -2.12. The van der Waals surface area contributed by atoms with E-state index in [0.29, 0.717) is 25.0 Å². The largest absolute Gasteiger partial charge is 0.383 e. The lowest BCUT2D eigenvalue weighted by atomic mass is 10.0. The predicted octanol–water partition coefficient (Wildman–Crippen LogP) is 1.48. The van der Waals surface area contributed by atoms with E-state index in [-0.39, 0.29) is 0 Å². The van der Waals surface area contributed by atoms with Crippen LogP contribution in [0.4, 0.5) is 11.8 Å². The predicted molar refractivity (Wildman–Crippen MR) is 91.2 cm³/mol. The van der Waals surface area contributed by atoms with E-state index in [1.165, 1.54) is 0 Å². The molecule has 0 amide bonds. The van der Waals surface area contributed by atoms with Gasteiger partial charge in [-0.25, -0.2) is 9.97 Å². The standard InChI is InChI=1S/C16H24N6O2/c1-17-16-20-14(12-3-5-24-10-12)7-15(21-16)19-9-13-8-18-11-22(13)4-6-23-2/h7-8,11-12H,3-6,9-10H2,1-2H3,(H2,17,19,20,21). The molecule has 1 fully saturated rings.